The predicted octanol–water partition coefficient (Wildman–Crippen LogP) is 2.87. The van der Waals surface area contributed by atoms with Gasteiger partial charge in [0.2, 0.25) is 0 Å². The highest BCUT2D eigenvalue weighted by Gasteiger charge is 2.48. The monoisotopic (exact) mass is 529 g/mol. The van der Waals surface area contributed by atoms with Crippen LogP contribution in [0.2, 0.25) is 0 Å². The molecule has 37 heavy (non-hydrogen) atoms. The summed E-state index contributed by atoms with van der Waals surface area (Å²) < 4.78 is 40.4. The largest absolute Gasteiger partial charge is 0.490 e. The minimum Gasteiger partial charge on any atom is -0.475 e. The van der Waals surface area contributed by atoms with E-state index in [1.165, 1.54) is 19.3 Å². The molecule has 10 nitrogen and oxygen atoms in total. The van der Waals surface area contributed by atoms with Crippen LogP contribution in [0, 0.1) is 0 Å². The van der Waals surface area contributed by atoms with Gasteiger partial charge in [-0.2, -0.15) is 13.2 Å². The number of aromatic nitrogens is 2. The lowest BCUT2D eigenvalue weighted by Gasteiger charge is -2.46. The Labute approximate surface area is 213 Å². The first-order valence-corrected chi connectivity index (χ1v) is 12.9. The standard InChI is InChI=1S/C22H33N5O3.C2HF3O2/c28-19(25-11-4-1-5-12-25)18-16-27-15-10-23-20(27)22(30-18)8-13-26(14-9-22)21(29)24-17-6-2-3-7-17;3-2(4,5)1(6)7/h10,15,17-18H,1-9,11-14,16H2,(H,24,29);(H,6,7). The Morgan fingerprint density at radius 3 is 2.22 bits per heavy atom. The van der Waals surface area contributed by atoms with E-state index < -0.39 is 23.9 Å². The van der Waals surface area contributed by atoms with Crippen molar-refractivity contribution in [3.05, 3.63) is 18.2 Å². The van der Waals surface area contributed by atoms with Gasteiger partial charge in [-0.05, 0) is 32.1 Å². The van der Waals surface area contributed by atoms with E-state index in [9.17, 15) is 22.8 Å². The molecule has 1 saturated carbocycles. The zero-order valence-corrected chi connectivity index (χ0v) is 20.7. The summed E-state index contributed by atoms with van der Waals surface area (Å²) in [5.74, 6) is -1.75. The molecule has 3 amide bonds. The Bertz CT molecular complexity index is 964. The summed E-state index contributed by atoms with van der Waals surface area (Å²) in [6, 6.07) is 0.363. The molecule has 3 aliphatic heterocycles. The summed E-state index contributed by atoms with van der Waals surface area (Å²) in [7, 11) is 0. The van der Waals surface area contributed by atoms with Crippen molar-refractivity contribution in [2.45, 2.75) is 88.3 Å². The number of aliphatic carboxylic acids is 1. The molecule has 2 N–H and O–H groups in total. The second kappa shape index (κ2) is 11.3. The van der Waals surface area contributed by atoms with Crippen molar-refractivity contribution < 1.29 is 37.4 Å². The zero-order valence-electron chi connectivity index (χ0n) is 20.7. The first kappa shape index (κ1) is 27.2. The average Bonchev–Trinajstić information content (AvgIpc) is 3.57. The Morgan fingerprint density at radius 2 is 1.62 bits per heavy atom. The Balaban J connectivity index is 0.000000405. The first-order valence-electron chi connectivity index (χ1n) is 12.9. The van der Waals surface area contributed by atoms with Crippen molar-refractivity contribution in [2.24, 2.45) is 0 Å². The van der Waals surface area contributed by atoms with Crippen molar-refractivity contribution in [2.75, 3.05) is 26.2 Å². The van der Waals surface area contributed by atoms with Crippen LogP contribution in [0.1, 0.15) is 63.6 Å². The van der Waals surface area contributed by atoms with Gasteiger partial charge in [0, 0.05) is 57.5 Å². The predicted molar refractivity (Wildman–Crippen MR) is 124 cm³/mol. The molecule has 5 rings (SSSR count). The van der Waals surface area contributed by atoms with E-state index in [4.69, 9.17) is 14.6 Å². The van der Waals surface area contributed by atoms with Crippen molar-refractivity contribution >= 4 is 17.9 Å². The van der Waals surface area contributed by atoms with Crippen LogP contribution in [-0.4, -0.2) is 86.9 Å². The number of imidazole rings is 1. The lowest BCUT2D eigenvalue weighted by Crippen LogP contribution is -2.56. The number of halogens is 3. The van der Waals surface area contributed by atoms with Crippen LogP contribution in [0.5, 0.6) is 0 Å². The van der Waals surface area contributed by atoms with Gasteiger partial charge in [-0.1, -0.05) is 12.8 Å². The van der Waals surface area contributed by atoms with Crippen LogP contribution in [0.4, 0.5) is 18.0 Å². The number of hydrogen-bond donors (Lipinski definition) is 2. The van der Waals surface area contributed by atoms with Crippen LogP contribution in [-0.2, 0) is 26.5 Å². The third-order valence-electron chi connectivity index (χ3n) is 7.58. The molecule has 1 aromatic heterocycles. The third kappa shape index (κ3) is 6.36. The van der Waals surface area contributed by atoms with Crippen LogP contribution >= 0.6 is 0 Å². The summed E-state index contributed by atoms with van der Waals surface area (Å²) in [6.45, 7) is 3.43. The fourth-order valence-electron chi connectivity index (χ4n) is 5.59. The van der Waals surface area contributed by atoms with Crippen LogP contribution in [0.3, 0.4) is 0 Å². The lowest BCUT2D eigenvalue weighted by atomic mass is 9.88. The van der Waals surface area contributed by atoms with E-state index in [0.29, 0.717) is 38.5 Å². The molecule has 1 unspecified atom stereocenters. The molecule has 0 radical (unpaired) electrons. The lowest BCUT2D eigenvalue weighted by molar-refractivity contribution is -0.192. The highest BCUT2D eigenvalue weighted by Crippen LogP contribution is 2.40. The number of rotatable bonds is 2. The number of ether oxygens (including phenoxy) is 1. The Kier molecular flexibility index (Phi) is 8.29. The maximum atomic E-state index is 13.2. The molecule has 1 spiro atoms. The smallest absolute Gasteiger partial charge is 0.475 e. The minimum absolute atomic E-state index is 0.0387. The van der Waals surface area contributed by atoms with Gasteiger partial charge >= 0.3 is 18.2 Å². The van der Waals surface area contributed by atoms with Gasteiger partial charge in [-0.15, -0.1) is 0 Å². The van der Waals surface area contributed by atoms with Gasteiger partial charge in [-0.3, -0.25) is 4.79 Å². The van der Waals surface area contributed by atoms with E-state index in [2.05, 4.69) is 14.9 Å². The number of fused-ring (bicyclic) bond motifs is 2. The van der Waals surface area contributed by atoms with Crippen LogP contribution in [0.25, 0.3) is 0 Å². The molecule has 2 saturated heterocycles. The topological polar surface area (TPSA) is 117 Å². The number of likely N-dealkylation sites (tertiary alicyclic amines) is 2. The second-order valence-electron chi connectivity index (χ2n) is 10.1. The maximum Gasteiger partial charge on any atom is 0.490 e. The van der Waals surface area contributed by atoms with E-state index in [1.54, 1.807) is 6.20 Å². The summed E-state index contributed by atoms with van der Waals surface area (Å²) in [5, 5.41) is 10.3. The number of carbonyl (C=O) groups excluding carboxylic acids is 2. The molecule has 1 aromatic rings. The summed E-state index contributed by atoms with van der Waals surface area (Å²) in [4.78, 5) is 43.2. The van der Waals surface area contributed by atoms with E-state index in [-0.39, 0.29) is 11.9 Å². The first-order chi connectivity index (χ1) is 17.6. The van der Waals surface area contributed by atoms with Crippen LogP contribution in [0.15, 0.2) is 12.4 Å². The van der Waals surface area contributed by atoms with E-state index in [0.717, 1.165) is 44.6 Å². The highest BCUT2D eigenvalue weighted by molar-refractivity contribution is 5.81. The maximum absolute atomic E-state index is 13.2. The van der Waals surface area contributed by atoms with Crippen molar-refractivity contribution in [3.8, 4) is 0 Å². The van der Waals surface area contributed by atoms with Gasteiger partial charge < -0.3 is 29.5 Å². The third-order valence-corrected chi connectivity index (χ3v) is 7.58. The molecule has 4 heterocycles. The number of alkyl halides is 3. The number of hydrogen-bond acceptors (Lipinski definition) is 5. The zero-order chi connectivity index (χ0) is 26.6. The average molecular weight is 530 g/mol. The number of urea groups is 1. The van der Waals surface area contributed by atoms with Gasteiger partial charge in [0.15, 0.2) is 6.10 Å². The molecule has 4 aliphatic rings. The number of nitrogens with zero attached hydrogens (tertiary/aromatic N) is 4. The van der Waals surface area contributed by atoms with Gasteiger partial charge in [0.1, 0.15) is 11.4 Å². The summed E-state index contributed by atoms with van der Waals surface area (Å²) >= 11 is 0. The SMILES string of the molecule is O=C(NC1CCCC1)N1CCC2(CC1)OC(C(=O)N1CCCCC1)Cn1ccnc12.O=C(O)C(F)(F)F. The Morgan fingerprint density at radius 1 is 1.00 bits per heavy atom. The molecular weight excluding hydrogens is 495 g/mol. The molecular formula is C24H34F3N5O5. The molecule has 13 heteroatoms. The van der Waals surface area contributed by atoms with Gasteiger partial charge in [0.25, 0.3) is 5.91 Å². The van der Waals surface area contributed by atoms with Crippen molar-refractivity contribution in [1.29, 1.82) is 0 Å². The van der Waals surface area contributed by atoms with Gasteiger partial charge in [0.05, 0.1) is 6.54 Å². The molecule has 1 aliphatic carbocycles. The van der Waals surface area contributed by atoms with Crippen molar-refractivity contribution in [1.82, 2.24) is 24.7 Å². The molecule has 1 atom stereocenters. The number of amides is 3. The number of carboxylic acid groups (broad SMARTS) is 1. The fraction of sp³-hybridized carbons (Fsp3) is 0.750. The van der Waals surface area contributed by atoms with Gasteiger partial charge in [-0.25, -0.2) is 14.6 Å². The molecule has 0 bridgehead atoms. The normalized spacial score (nSPS) is 23.7. The summed E-state index contributed by atoms with van der Waals surface area (Å²) in [5.41, 5.74) is -0.581. The van der Waals surface area contributed by atoms with Crippen LogP contribution < -0.4 is 5.32 Å². The molecule has 0 aromatic carbocycles. The van der Waals surface area contributed by atoms with Crippen molar-refractivity contribution in [3.63, 3.8) is 0 Å². The number of nitrogens with one attached hydrogen (secondary N) is 1. The fourth-order valence-corrected chi connectivity index (χ4v) is 5.59. The molecule has 3 fully saturated rings. The second-order valence-corrected chi connectivity index (χ2v) is 10.1. The summed E-state index contributed by atoms with van der Waals surface area (Å²) in [6.07, 6.45) is 7.48. The number of carbonyl (C=O) groups is 3. The number of piperidine rings is 2. The minimum atomic E-state index is -5.08. The molecule has 206 valence electrons. The number of carboxylic acids is 1. The quantitative estimate of drug-likeness (QED) is 0.609. The highest BCUT2D eigenvalue weighted by atomic mass is 19.4. The Hall–Kier alpha value is -2.83. The van der Waals surface area contributed by atoms with E-state index in [1.807, 2.05) is 16.0 Å². The van der Waals surface area contributed by atoms with E-state index >= 15 is 0 Å².